The minimum absolute atomic E-state index is 0.729. The van der Waals surface area contributed by atoms with Crippen LogP contribution < -0.4 is 11.3 Å². The Morgan fingerprint density at radius 2 is 2.00 bits per heavy atom. The minimum atomic E-state index is 0.729. The van der Waals surface area contributed by atoms with E-state index < -0.39 is 0 Å². The Bertz CT molecular complexity index is 250. The van der Waals surface area contributed by atoms with Crippen LogP contribution >= 0.6 is 45.2 Å². The molecule has 3 N–H and O–H groups in total. The van der Waals surface area contributed by atoms with Crippen molar-refractivity contribution in [3.63, 3.8) is 0 Å². The van der Waals surface area contributed by atoms with Gasteiger partial charge in [-0.05, 0) is 62.9 Å². The van der Waals surface area contributed by atoms with E-state index in [1.165, 1.54) is 12.7 Å². The summed E-state index contributed by atoms with van der Waals surface area (Å²) in [6.07, 6.45) is 0. The van der Waals surface area contributed by atoms with Gasteiger partial charge in [-0.1, -0.05) is 6.07 Å². The lowest BCUT2D eigenvalue weighted by Gasteiger charge is -2.01. The van der Waals surface area contributed by atoms with E-state index in [1.807, 2.05) is 0 Å². The molecule has 0 spiro atoms. The summed E-state index contributed by atoms with van der Waals surface area (Å²) >= 11 is 4.62. The zero-order valence-corrected chi connectivity index (χ0v) is 10.1. The van der Waals surface area contributed by atoms with Crippen molar-refractivity contribution in [3.05, 3.63) is 30.9 Å². The third kappa shape index (κ3) is 2.85. The van der Waals surface area contributed by atoms with E-state index >= 15 is 0 Å². The summed E-state index contributed by atoms with van der Waals surface area (Å²) in [6, 6.07) is 6.29. The fourth-order valence-electron chi connectivity index (χ4n) is 0.767. The molecule has 1 rings (SSSR count). The Kier molecular flexibility index (Phi) is 4.04. The van der Waals surface area contributed by atoms with Crippen LogP contribution in [0.25, 0.3) is 0 Å². The smallest absolute Gasteiger partial charge is 0.0349 e. The second-order valence-corrected chi connectivity index (χ2v) is 4.45. The van der Waals surface area contributed by atoms with Gasteiger partial charge in [0.2, 0.25) is 0 Å². The van der Waals surface area contributed by atoms with Crippen LogP contribution in [0.5, 0.6) is 0 Å². The van der Waals surface area contributed by atoms with Crippen molar-refractivity contribution in [3.8, 4) is 0 Å². The van der Waals surface area contributed by atoms with Gasteiger partial charge in [0.25, 0.3) is 0 Å². The van der Waals surface area contributed by atoms with Crippen molar-refractivity contribution in [1.29, 1.82) is 0 Å². The monoisotopic (exact) mass is 374 g/mol. The molecule has 0 amide bonds. The second kappa shape index (κ2) is 4.58. The number of halogens is 2. The van der Waals surface area contributed by atoms with Gasteiger partial charge < -0.3 is 0 Å². The number of hydrazine groups is 1. The van der Waals surface area contributed by atoms with Gasteiger partial charge in [-0.25, -0.2) is 0 Å². The van der Waals surface area contributed by atoms with Gasteiger partial charge >= 0.3 is 0 Å². The summed E-state index contributed by atoms with van der Waals surface area (Å²) in [6.45, 7) is 0.729. The van der Waals surface area contributed by atoms with Gasteiger partial charge in [0.1, 0.15) is 0 Å². The number of benzene rings is 1. The fourth-order valence-corrected chi connectivity index (χ4v) is 1.68. The lowest BCUT2D eigenvalue weighted by molar-refractivity contribution is 0.741. The third-order valence-corrected chi connectivity index (χ3v) is 4.16. The molecule has 1 aromatic carbocycles. The highest BCUT2D eigenvalue weighted by Gasteiger charge is 1.96. The molecule has 0 heterocycles. The zero-order valence-electron chi connectivity index (χ0n) is 5.77. The maximum absolute atomic E-state index is 5.19. The molecule has 0 unspecified atom stereocenters. The maximum Gasteiger partial charge on any atom is 0.0349 e. The molecule has 0 bridgehead atoms. The van der Waals surface area contributed by atoms with Crippen LogP contribution in [0, 0.1) is 7.14 Å². The first kappa shape index (κ1) is 9.69. The average molecular weight is 374 g/mol. The third-order valence-electron chi connectivity index (χ3n) is 1.29. The SMILES string of the molecule is NNCc1ccc(I)c(I)c1. The molecule has 60 valence electrons. The highest BCUT2D eigenvalue weighted by molar-refractivity contribution is 14.1. The van der Waals surface area contributed by atoms with Gasteiger partial charge in [0.05, 0.1) is 0 Å². The largest absolute Gasteiger partial charge is 0.271 e. The van der Waals surface area contributed by atoms with Gasteiger partial charge in [-0.3, -0.25) is 11.3 Å². The van der Waals surface area contributed by atoms with Gasteiger partial charge in [0.15, 0.2) is 0 Å². The molecule has 4 heteroatoms. The molecule has 0 aliphatic heterocycles. The van der Waals surface area contributed by atoms with Gasteiger partial charge in [0, 0.05) is 13.7 Å². The summed E-state index contributed by atoms with van der Waals surface area (Å²) in [4.78, 5) is 0. The predicted molar refractivity (Wildman–Crippen MR) is 62.9 cm³/mol. The average Bonchev–Trinajstić information content (AvgIpc) is 1.98. The standard InChI is InChI=1S/C7H8I2N2/c8-6-2-1-5(4-11-10)3-7(6)9/h1-3,11H,4,10H2. The first-order chi connectivity index (χ1) is 5.24. The molecule has 0 saturated heterocycles. The van der Waals surface area contributed by atoms with E-state index in [0.717, 1.165) is 6.54 Å². The van der Waals surface area contributed by atoms with Crippen LogP contribution in [-0.2, 0) is 6.54 Å². The lowest BCUT2D eigenvalue weighted by Crippen LogP contribution is -2.20. The van der Waals surface area contributed by atoms with E-state index in [0.29, 0.717) is 0 Å². The van der Waals surface area contributed by atoms with E-state index in [4.69, 9.17) is 5.84 Å². The van der Waals surface area contributed by atoms with Crippen LogP contribution in [0.3, 0.4) is 0 Å². The van der Waals surface area contributed by atoms with Gasteiger partial charge in [-0.2, -0.15) is 0 Å². The predicted octanol–water partition coefficient (Wildman–Crippen LogP) is 1.86. The topological polar surface area (TPSA) is 38.0 Å². The summed E-state index contributed by atoms with van der Waals surface area (Å²) in [5.41, 5.74) is 3.84. The van der Waals surface area contributed by atoms with Crippen molar-refractivity contribution in [2.45, 2.75) is 6.54 Å². The van der Waals surface area contributed by atoms with E-state index in [2.05, 4.69) is 68.8 Å². The fraction of sp³-hybridized carbons (Fsp3) is 0.143. The molecular weight excluding hydrogens is 366 g/mol. The zero-order chi connectivity index (χ0) is 8.27. The van der Waals surface area contributed by atoms with E-state index in [9.17, 15) is 0 Å². The van der Waals surface area contributed by atoms with Crippen LogP contribution in [0.1, 0.15) is 5.56 Å². The van der Waals surface area contributed by atoms with Crippen molar-refractivity contribution in [2.75, 3.05) is 0 Å². The molecule has 0 saturated carbocycles. The van der Waals surface area contributed by atoms with Crippen LogP contribution in [0.15, 0.2) is 18.2 Å². The molecule has 0 fully saturated rings. The maximum atomic E-state index is 5.19. The van der Waals surface area contributed by atoms with Crippen LogP contribution in [-0.4, -0.2) is 0 Å². The van der Waals surface area contributed by atoms with Crippen molar-refractivity contribution in [1.82, 2.24) is 5.43 Å². The number of hydrogen-bond acceptors (Lipinski definition) is 2. The Morgan fingerprint density at radius 3 is 2.55 bits per heavy atom. The Morgan fingerprint density at radius 1 is 1.27 bits per heavy atom. The second-order valence-electron chi connectivity index (χ2n) is 2.13. The lowest BCUT2D eigenvalue weighted by atomic mass is 10.2. The quantitative estimate of drug-likeness (QED) is 0.472. The van der Waals surface area contributed by atoms with E-state index in [1.54, 1.807) is 0 Å². The highest BCUT2D eigenvalue weighted by Crippen LogP contribution is 2.16. The molecule has 11 heavy (non-hydrogen) atoms. The molecule has 0 aromatic heterocycles. The summed E-state index contributed by atoms with van der Waals surface area (Å²) in [7, 11) is 0. The van der Waals surface area contributed by atoms with Crippen LogP contribution in [0.4, 0.5) is 0 Å². The first-order valence-electron chi connectivity index (χ1n) is 3.11. The van der Waals surface area contributed by atoms with Crippen molar-refractivity contribution in [2.24, 2.45) is 5.84 Å². The molecule has 2 nitrogen and oxygen atoms in total. The number of nitrogens with two attached hydrogens (primary N) is 1. The number of hydrogen-bond donors (Lipinski definition) is 2. The normalized spacial score (nSPS) is 10.1. The molecule has 0 atom stereocenters. The molecule has 0 radical (unpaired) electrons. The highest BCUT2D eigenvalue weighted by atomic mass is 127. The van der Waals surface area contributed by atoms with E-state index in [-0.39, 0.29) is 0 Å². The molecule has 1 aromatic rings. The Labute approximate surface area is 93.2 Å². The summed E-state index contributed by atoms with van der Waals surface area (Å²) in [5.74, 6) is 5.19. The summed E-state index contributed by atoms with van der Waals surface area (Å²) in [5, 5.41) is 0. The number of nitrogens with one attached hydrogen (secondary N) is 1. The molecule has 0 aliphatic carbocycles. The van der Waals surface area contributed by atoms with Crippen LogP contribution in [0.2, 0.25) is 0 Å². The van der Waals surface area contributed by atoms with Crippen molar-refractivity contribution >= 4 is 45.2 Å². The number of rotatable bonds is 2. The van der Waals surface area contributed by atoms with Gasteiger partial charge in [-0.15, -0.1) is 0 Å². The molecule has 0 aliphatic rings. The Hall–Kier alpha value is 0.600. The first-order valence-corrected chi connectivity index (χ1v) is 5.27. The summed E-state index contributed by atoms with van der Waals surface area (Å²) < 4.78 is 2.56. The minimum Gasteiger partial charge on any atom is -0.271 e. The molecular formula is C7H8I2N2. The Balaban J connectivity index is 2.86. The van der Waals surface area contributed by atoms with Crippen molar-refractivity contribution < 1.29 is 0 Å².